The second-order valence-electron chi connectivity index (χ2n) is 3.63. The average Bonchev–Trinajstić information content (AvgIpc) is 2.83. The Bertz CT molecular complexity index is 495. The molecule has 0 saturated carbocycles. The zero-order chi connectivity index (χ0) is 13.6. The summed E-state index contributed by atoms with van der Waals surface area (Å²) in [7, 11) is -2.28. The third-order valence-electron chi connectivity index (χ3n) is 2.31. The minimum atomic E-state index is -3.57. The summed E-state index contributed by atoms with van der Waals surface area (Å²) in [4.78, 5) is 17.5. The van der Waals surface area contributed by atoms with Crippen molar-refractivity contribution in [3.05, 3.63) is 12.0 Å². The van der Waals surface area contributed by atoms with Crippen LogP contribution >= 0.6 is 0 Å². The van der Waals surface area contributed by atoms with Crippen LogP contribution in [0.4, 0.5) is 0 Å². The van der Waals surface area contributed by atoms with Crippen molar-refractivity contribution in [2.75, 3.05) is 13.7 Å². The van der Waals surface area contributed by atoms with Gasteiger partial charge in [0.05, 0.1) is 13.3 Å². The standard InChI is InChI=1S/C10H17N3O4S/c1-3-8-11-7-9(13-8)18(15,16)12-6-4-5-10(14)17-2/h7,12H,3-6H2,1-2H3,(H,11,13). The van der Waals surface area contributed by atoms with Crippen molar-refractivity contribution in [1.82, 2.24) is 14.7 Å². The van der Waals surface area contributed by atoms with Crippen molar-refractivity contribution in [1.29, 1.82) is 0 Å². The van der Waals surface area contributed by atoms with Crippen molar-refractivity contribution in [2.24, 2.45) is 0 Å². The van der Waals surface area contributed by atoms with Gasteiger partial charge in [-0.3, -0.25) is 4.79 Å². The molecule has 0 spiro atoms. The van der Waals surface area contributed by atoms with E-state index < -0.39 is 10.0 Å². The van der Waals surface area contributed by atoms with Crippen LogP contribution in [0.2, 0.25) is 0 Å². The van der Waals surface area contributed by atoms with Gasteiger partial charge in [0.1, 0.15) is 5.82 Å². The predicted molar refractivity (Wildman–Crippen MR) is 64.4 cm³/mol. The highest BCUT2D eigenvalue weighted by Gasteiger charge is 2.16. The molecule has 0 bridgehead atoms. The largest absolute Gasteiger partial charge is 0.469 e. The molecule has 0 amide bonds. The summed E-state index contributed by atoms with van der Waals surface area (Å²) in [5.41, 5.74) is 0. The molecule has 7 nitrogen and oxygen atoms in total. The maximum Gasteiger partial charge on any atom is 0.305 e. The Balaban J connectivity index is 2.47. The van der Waals surface area contributed by atoms with Crippen LogP contribution in [0.3, 0.4) is 0 Å². The lowest BCUT2D eigenvalue weighted by molar-refractivity contribution is -0.140. The highest BCUT2D eigenvalue weighted by atomic mass is 32.2. The van der Waals surface area contributed by atoms with Gasteiger partial charge in [-0.15, -0.1) is 0 Å². The van der Waals surface area contributed by atoms with Crippen LogP contribution in [0.25, 0.3) is 0 Å². The number of nitrogens with zero attached hydrogens (tertiary/aromatic N) is 1. The first-order valence-corrected chi connectivity index (χ1v) is 7.08. The molecule has 2 N–H and O–H groups in total. The average molecular weight is 275 g/mol. The van der Waals surface area contributed by atoms with Gasteiger partial charge in [0, 0.05) is 19.4 Å². The first-order valence-electron chi connectivity index (χ1n) is 5.60. The van der Waals surface area contributed by atoms with E-state index in [1.54, 1.807) is 0 Å². The highest BCUT2D eigenvalue weighted by molar-refractivity contribution is 7.89. The van der Waals surface area contributed by atoms with Gasteiger partial charge in [-0.1, -0.05) is 6.92 Å². The smallest absolute Gasteiger partial charge is 0.305 e. The van der Waals surface area contributed by atoms with Crippen LogP contribution in [0.15, 0.2) is 11.2 Å². The number of aryl methyl sites for hydroxylation is 1. The monoisotopic (exact) mass is 275 g/mol. The third kappa shape index (κ3) is 4.11. The number of carbonyl (C=O) groups excluding carboxylic acids is 1. The van der Waals surface area contributed by atoms with E-state index in [0.29, 0.717) is 18.7 Å². The summed E-state index contributed by atoms with van der Waals surface area (Å²) in [6, 6.07) is 0. The number of esters is 1. The lowest BCUT2D eigenvalue weighted by Gasteiger charge is -2.03. The predicted octanol–water partition coefficient (Wildman–Crippen LogP) is 0.204. The summed E-state index contributed by atoms with van der Waals surface area (Å²) >= 11 is 0. The van der Waals surface area contributed by atoms with Crippen molar-refractivity contribution >= 4 is 16.0 Å². The molecule has 0 unspecified atom stereocenters. The Morgan fingerprint density at radius 3 is 2.83 bits per heavy atom. The van der Waals surface area contributed by atoms with Crippen molar-refractivity contribution in [3.63, 3.8) is 0 Å². The number of aromatic amines is 1. The number of imidazole rings is 1. The molecule has 1 heterocycles. The van der Waals surface area contributed by atoms with E-state index >= 15 is 0 Å². The van der Waals surface area contributed by atoms with E-state index in [1.807, 2.05) is 6.92 Å². The van der Waals surface area contributed by atoms with E-state index in [1.165, 1.54) is 13.3 Å². The number of methoxy groups -OCH3 is 1. The fourth-order valence-electron chi connectivity index (χ4n) is 1.28. The fourth-order valence-corrected chi connectivity index (χ4v) is 2.29. The SMILES string of the molecule is CCc1ncc(S(=O)(=O)NCCCC(=O)OC)[nH]1. The molecule has 102 valence electrons. The summed E-state index contributed by atoms with van der Waals surface area (Å²) in [5, 5.41) is 0.0393. The lowest BCUT2D eigenvalue weighted by Crippen LogP contribution is -2.25. The number of nitrogens with one attached hydrogen (secondary N) is 2. The van der Waals surface area contributed by atoms with E-state index in [-0.39, 0.29) is 24.0 Å². The molecular formula is C10H17N3O4S. The minimum absolute atomic E-state index is 0.0393. The van der Waals surface area contributed by atoms with Gasteiger partial charge in [-0.25, -0.2) is 18.1 Å². The van der Waals surface area contributed by atoms with E-state index in [0.717, 1.165) is 0 Å². The number of H-pyrrole nitrogens is 1. The van der Waals surface area contributed by atoms with E-state index in [2.05, 4.69) is 19.4 Å². The minimum Gasteiger partial charge on any atom is -0.469 e. The lowest BCUT2D eigenvalue weighted by atomic mass is 10.3. The number of ether oxygens (including phenoxy) is 1. The Morgan fingerprint density at radius 2 is 2.28 bits per heavy atom. The molecule has 1 aromatic heterocycles. The van der Waals surface area contributed by atoms with Gasteiger partial charge >= 0.3 is 5.97 Å². The second-order valence-corrected chi connectivity index (χ2v) is 5.36. The molecule has 8 heteroatoms. The molecule has 1 rings (SSSR count). The van der Waals surface area contributed by atoms with Gasteiger partial charge in [-0.05, 0) is 6.42 Å². The van der Waals surface area contributed by atoms with Gasteiger partial charge in [0.2, 0.25) is 0 Å². The quantitative estimate of drug-likeness (QED) is 0.547. The van der Waals surface area contributed by atoms with Crippen LogP contribution in [-0.2, 0) is 26.0 Å². The zero-order valence-corrected chi connectivity index (χ0v) is 11.2. The van der Waals surface area contributed by atoms with Crippen molar-refractivity contribution < 1.29 is 17.9 Å². The fraction of sp³-hybridized carbons (Fsp3) is 0.600. The Morgan fingerprint density at radius 1 is 1.56 bits per heavy atom. The summed E-state index contributed by atoms with van der Waals surface area (Å²) in [6.45, 7) is 2.05. The molecule has 0 aliphatic rings. The van der Waals surface area contributed by atoms with E-state index in [9.17, 15) is 13.2 Å². The number of hydrogen-bond donors (Lipinski definition) is 2. The summed E-state index contributed by atoms with van der Waals surface area (Å²) < 4.78 is 30.4. The summed E-state index contributed by atoms with van der Waals surface area (Å²) in [5.74, 6) is 0.258. The van der Waals surface area contributed by atoms with Gasteiger partial charge in [0.25, 0.3) is 10.0 Å². The molecule has 0 atom stereocenters. The molecule has 18 heavy (non-hydrogen) atoms. The van der Waals surface area contributed by atoms with Crippen molar-refractivity contribution in [2.45, 2.75) is 31.2 Å². The Hall–Kier alpha value is -1.41. The topological polar surface area (TPSA) is 101 Å². The van der Waals surface area contributed by atoms with Crippen LogP contribution in [-0.4, -0.2) is 38.0 Å². The molecule has 1 aromatic rings. The summed E-state index contributed by atoms with van der Waals surface area (Å²) in [6.07, 6.45) is 2.49. The number of carbonyl (C=O) groups is 1. The first kappa shape index (κ1) is 14.7. The maximum atomic E-state index is 11.8. The zero-order valence-electron chi connectivity index (χ0n) is 10.4. The van der Waals surface area contributed by atoms with Gasteiger partial charge in [-0.2, -0.15) is 0 Å². The highest BCUT2D eigenvalue weighted by Crippen LogP contribution is 2.05. The molecule has 0 saturated heterocycles. The molecule has 0 radical (unpaired) electrons. The molecule has 0 aliphatic carbocycles. The molecule has 0 fully saturated rings. The Kier molecular flexibility index (Phi) is 5.29. The van der Waals surface area contributed by atoms with E-state index in [4.69, 9.17) is 0 Å². The van der Waals surface area contributed by atoms with Crippen LogP contribution in [0.5, 0.6) is 0 Å². The van der Waals surface area contributed by atoms with Crippen LogP contribution in [0, 0.1) is 0 Å². The number of aromatic nitrogens is 2. The van der Waals surface area contributed by atoms with Gasteiger partial charge < -0.3 is 9.72 Å². The first-order chi connectivity index (χ1) is 8.49. The van der Waals surface area contributed by atoms with Crippen LogP contribution < -0.4 is 4.72 Å². The molecular weight excluding hydrogens is 258 g/mol. The number of sulfonamides is 1. The third-order valence-corrected chi connectivity index (χ3v) is 3.68. The number of rotatable bonds is 7. The Labute approximate surface area is 106 Å². The van der Waals surface area contributed by atoms with Crippen molar-refractivity contribution in [3.8, 4) is 0 Å². The molecule has 0 aliphatic heterocycles. The second kappa shape index (κ2) is 6.50. The van der Waals surface area contributed by atoms with Gasteiger partial charge in [0.15, 0.2) is 5.03 Å². The normalized spacial score (nSPS) is 11.4. The number of hydrogen-bond acceptors (Lipinski definition) is 5. The molecule has 0 aromatic carbocycles. The van der Waals surface area contributed by atoms with Crippen LogP contribution in [0.1, 0.15) is 25.6 Å². The maximum absolute atomic E-state index is 11.8.